The molecular weight excluding hydrogens is 426 g/mol. The number of pyridine rings is 1. The molecule has 7 rings (SSSR count). The van der Waals surface area contributed by atoms with Crippen LogP contribution in [0.4, 0.5) is 0 Å². The minimum Gasteiger partial charge on any atom is -0.337 e. The quantitative estimate of drug-likeness (QED) is 0.260. The first kappa shape index (κ1) is 20.8. The molecule has 1 saturated carbocycles. The first-order valence-electron chi connectivity index (χ1n) is 13.1. The van der Waals surface area contributed by atoms with Gasteiger partial charge in [0.25, 0.3) is 0 Å². The number of aromatic nitrogens is 3. The Kier molecular flexibility index (Phi) is 4.73. The first-order chi connectivity index (χ1) is 17.2. The maximum absolute atomic E-state index is 5.15. The average molecular weight is 458 g/mol. The van der Waals surface area contributed by atoms with Crippen LogP contribution in [0.1, 0.15) is 63.6 Å². The van der Waals surface area contributed by atoms with Gasteiger partial charge in [-0.05, 0) is 49.1 Å². The molecule has 0 atom stereocenters. The highest BCUT2D eigenvalue weighted by molar-refractivity contribution is 6.25. The molecule has 3 nitrogen and oxygen atoms in total. The van der Waals surface area contributed by atoms with Crippen molar-refractivity contribution >= 4 is 43.6 Å². The molecule has 1 aliphatic carbocycles. The van der Waals surface area contributed by atoms with Crippen molar-refractivity contribution in [1.29, 1.82) is 0 Å². The first-order valence-corrected chi connectivity index (χ1v) is 13.1. The van der Waals surface area contributed by atoms with Gasteiger partial charge in [-0.1, -0.05) is 81.6 Å². The highest BCUT2D eigenvalue weighted by atomic mass is 15.1. The van der Waals surface area contributed by atoms with Gasteiger partial charge < -0.3 is 4.57 Å². The summed E-state index contributed by atoms with van der Waals surface area (Å²) in [6, 6.07) is 29.6. The zero-order valence-electron chi connectivity index (χ0n) is 20.5. The van der Waals surface area contributed by atoms with Crippen molar-refractivity contribution in [3.63, 3.8) is 0 Å². The fourth-order valence-corrected chi connectivity index (χ4v) is 6.39. The largest absolute Gasteiger partial charge is 0.337 e. The standard InChI is InChI=1S/C32H31N3/c1-21(2)26-15-10-18-30(33-26)35-27-16-8-6-13-23(27)24-19-20-29-31(32(24)35)25-14-7-9-17-28(25)34(29)22-11-4-3-5-12-22/h6-10,13-22H,3-5,11-12H2,1-2H3. The summed E-state index contributed by atoms with van der Waals surface area (Å²) in [5.41, 5.74) is 6.35. The number of fused-ring (bicyclic) bond motifs is 7. The van der Waals surface area contributed by atoms with E-state index in [9.17, 15) is 0 Å². The lowest BCUT2D eigenvalue weighted by atomic mass is 9.95. The molecule has 0 amide bonds. The van der Waals surface area contributed by atoms with E-state index in [1.165, 1.54) is 75.7 Å². The molecule has 0 spiro atoms. The van der Waals surface area contributed by atoms with Crippen LogP contribution in [0.5, 0.6) is 0 Å². The maximum atomic E-state index is 5.15. The third-order valence-electron chi connectivity index (χ3n) is 8.02. The predicted octanol–water partition coefficient (Wildman–Crippen LogP) is 8.92. The number of benzene rings is 3. The molecule has 0 unspecified atom stereocenters. The van der Waals surface area contributed by atoms with Gasteiger partial charge in [-0.15, -0.1) is 0 Å². The number of hydrogen-bond acceptors (Lipinski definition) is 1. The van der Waals surface area contributed by atoms with Crippen LogP contribution in [0, 0.1) is 0 Å². The van der Waals surface area contributed by atoms with Gasteiger partial charge in [0.05, 0.1) is 16.6 Å². The highest BCUT2D eigenvalue weighted by Crippen LogP contribution is 2.43. The van der Waals surface area contributed by atoms with Crippen LogP contribution in [0.25, 0.3) is 49.4 Å². The molecule has 0 N–H and O–H groups in total. The van der Waals surface area contributed by atoms with E-state index in [1.54, 1.807) is 0 Å². The minimum absolute atomic E-state index is 0.385. The Bertz CT molecular complexity index is 1710. The van der Waals surface area contributed by atoms with E-state index in [2.05, 4.69) is 102 Å². The number of rotatable bonds is 3. The second kappa shape index (κ2) is 7.98. The molecule has 3 aromatic carbocycles. The van der Waals surface area contributed by atoms with E-state index >= 15 is 0 Å². The summed E-state index contributed by atoms with van der Waals surface area (Å²) in [7, 11) is 0. The summed E-state index contributed by atoms with van der Waals surface area (Å²) in [4.78, 5) is 5.15. The summed E-state index contributed by atoms with van der Waals surface area (Å²) in [6.07, 6.45) is 6.56. The van der Waals surface area contributed by atoms with Gasteiger partial charge in [-0.3, -0.25) is 4.57 Å². The van der Waals surface area contributed by atoms with E-state index in [0.29, 0.717) is 12.0 Å². The lowest BCUT2D eigenvalue weighted by Gasteiger charge is -2.25. The zero-order valence-corrected chi connectivity index (χ0v) is 20.5. The lowest BCUT2D eigenvalue weighted by molar-refractivity contribution is 0.367. The Labute approximate surface area is 206 Å². The van der Waals surface area contributed by atoms with Crippen LogP contribution in [0.15, 0.2) is 78.9 Å². The SMILES string of the molecule is CC(C)c1cccc(-n2c3ccccc3c3ccc4c(c5ccccc5n4C4CCCCC4)c32)n1. The van der Waals surface area contributed by atoms with Crippen molar-refractivity contribution in [2.75, 3.05) is 0 Å². The third kappa shape index (κ3) is 3.07. The lowest BCUT2D eigenvalue weighted by Crippen LogP contribution is -2.12. The molecule has 35 heavy (non-hydrogen) atoms. The minimum atomic E-state index is 0.385. The zero-order chi connectivity index (χ0) is 23.5. The predicted molar refractivity (Wildman–Crippen MR) is 148 cm³/mol. The second-order valence-electron chi connectivity index (χ2n) is 10.5. The molecule has 6 aromatic rings. The van der Waals surface area contributed by atoms with Crippen molar-refractivity contribution in [1.82, 2.24) is 14.1 Å². The van der Waals surface area contributed by atoms with Crippen molar-refractivity contribution in [3.05, 3.63) is 84.6 Å². The van der Waals surface area contributed by atoms with Gasteiger partial charge in [-0.2, -0.15) is 0 Å². The maximum Gasteiger partial charge on any atom is 0.137 e. The van der Waals surface area contributed by atoms with Crippen LogP contribution in [0.2, 0.25) is 0 Å². The Morgan fingerprint density at radius 1 is 0.686 bits per heavy atom. The normalized spacial score (nSPS) is 15.3. The smallest absolute Gasteiger partial charge is 0.137 e. The van der Waals surface area contributed by atoms with Crippen molar-refractivity contribution < 1.29 is 0 Å². The molecule has 3 heterocycles. The van der Waals surface area contributed by atoms with E-state index < -0.39 is 0 Å². The van der Waals surface area contributed by atoms with Gasteiger partial charge in [-0.25, -0.2) is 4.98 Å². The van der Waals surface area contributed by atoms with Crippen LogP contribution < -0.4 is 0 Å². The van der Waals surface area contributed by atoms with E-state index in [-0.39, 0.29) is 0 Å². The number of para-hydroxylation sites is 2. The van der Waals surface area contributed by atoms with Crippen LogP contribution in [0.3, 0.4) is 0 Å². The van der Waals surface area contributed by atoms with Gasteiger partial charge >= 0.3 is 0 Å². The molecule has 0 bridgehead atoms. The van der Waals surface area contributed by atoms with E-state index in [4.69, 9.17) is 4.98 Å². The molecule has 0 saturated heterocycles. The number of hydrogen-bond donors (Lipinski definition) is 0. The molecule has 0 aliphatic heterocycles. The van der Waals surface area contributed by atoms with E-state index in [0.717, 1.165) is 11.5 Å². The topological polar surface area (TPSA) is 22.8 Å². The summed E-state index contributed by atoms with van der Waals surface area (Å²) in [5.74, 6) is 1.39. The second-order valence-corrected chi connectivity index (χ2v) is 10.5. The van der Waals surface area contributed by atoms with Gasteiger partial charge in [0, 0.05) is 38.8 Å². The fraction of sp³-hybridized carbons (Fsp3) is 0.281. The van der Waals surface area contributed by atoms with Crippen molar-refractivity contribution in [3.8, 4) is 5.82 Å². The summed E-state index contributed by atoms with van der Waals surface area (Å²) < 4.78 is 5.07. The molecule has 1 fully saturated rings. The molecule has 0 radical (unpaired) electrons. The molecule has 3 heteroatoms. The van der Waals surface area contributed by atoms with Crippen molar-refractivity contribution in [2.45, 2.75) is 57.9 Å². The highest BCUT2D eigenvalue weighted by Gasteiger charge is 2.24. The summed E-state index contributed by atoms with van der Waals surface area (Å²) in [5, 5.41) is 5.30. The Morgan fingerprint density at radius 3 is 2.23 bits per heavy atom. The van der Waals surface area contributed by atoms with E-state index in [1.807, 2.05) is 0 Å². The Morgan fingerprint density at radius 2 is 1.43 bits per heavy atom. The Hall–Kier alpha value is -3.59. The average Bonchev–Trinajstić information content (AvgIpc) is 3.42. The van der Waals surface area contributed by atoms with Gasteiger partial charge in [0.2, 0.25) is 0 Å². The summed E-state index contributed by atoms with van der Waals surface area (Å²) >= 11 is 0. The molecule has 1 aliphatic rings. The van der Waals surface area contributed by atoms with Gasteiger partial charge in [0.1, 0.15) is 5.82 Å². The van der Waals surface area contributed by atoms with Crippen LogP contribution in [-0.2, 0) is 0 Å². The third-order valence-corrected chi connectivity index (χ3v) is 8.02. The molecule has 3 aromatic heterocycles. The van der Waals surface area contributed by atoms with Gasteiger partial charge in [0.15, 0.2) is 0 Å². The molecular formula is C32H31N3. The van der Waals surface area contributed by atoms with Crippen LogP contribution >= 0.6 is 0 Å². The number of nitrogens with zero attached hydrogens (tertiary/aromatic N) is 3. The van der Waals surface area contributed by atoms with Crippen LogP contribution in [-0.4, -0.2) is 14.1 Å². The Balaban J connectivity index is 1.66. The molecule has 174 valence electrons. The monoisotopic (exact) mass is 457 g/mol. The fourth-order valence-electron chi connectivity index (χ4n) is 6.39. The summed E-state index contributed by atoms with van der Waals surface area (Å²) in [6.45, 7) is 4.43. The van der Waals surface area contributed by atoms with Crippen molar-refractivity contribution in [2.24, 2.45) is 0 Å².